The molecule has 0 aromatic heterocycles. The molecule has 11 heteroatoms. The maximum atomic E-state index is 13.4. The second kappa shape index (κ2) is 50.6. The van der Waals surface area contributed by atoms with E-state index in [9.17, 15) is 35.1 Å². The fourth-order valence-electron chi connectivity index (χ4n) is 8.01. The van der Waals surface area contributed by atoms with Crippen molar-refractivity contribution in [2.24, 2.45) is 0 Å². The van der Waals surface area contributed by atoms with Crippen molar-refractivity contribution >= 4 is 11.9 Å². The topological polar surface area (TPSA) is 175 Å². The molecule has 0 saturated carbocycles. The Morgan fingerprint density at radius 3 is 1.43 bits per heavy atom. The third-order valence-corrected chi connectivity index (χ3v) is 12.6. The number of carbonyl (C=O) groups is 2. The molecular weight excluding hydrogens is 943 g/mol. The van der Waals surface area contributed by atoms with E-state index in [0.29, 0.717) is 19.3 Å². The Morgan fingerprint density at radius 2 is 0.960 bits per heavy atom. The van der Waals surface area contributed by atoms with Gasteiger partial charge in [-0.2, -0.15) is 0 Å². The molecule has 8 atom stereocenters. The number of esters is 1. The van der Waals surface area contributed by atoms with Gasteiger partial charge < -0.3 is 45.1 Å². The van der Waals surface area contributed by atoms with Crippen molar-refractivity contribution in [2.45, 2.75) is 243 Å². The fourth-order valence-corrected chi connectivity index (χ4v) is 8.01. The Kier molecular flexibility index (Phi) is 46.4. The molecule has 0 spiro atoms. The molecule has 1 amide bonds. The van der Waals surface area contributed by atoms with Crippen molar-refractivity contribution in [3.8, 4) is 0 Å². The van der Waals surface area contributed by atoms with Crippen LogP contribution in [0.15, 0.2) is 134 Å². The van der Waals surface area contributed by atoms with Crippen molar-refractivity contribution in [1.82, 2.24) is 5.32 Å². The third kappa shape index (κ3) is 38.9. The van der Waals surface area contributed by atoms with Crippen molar-refractivity contribution in [3.63, 3.8) is 0 Å². The fraction of sp³-hybridized carbons (Fsp3) is 0.625. The molecule has 0 aliphatic carbocycles. The van der Waals surface area contributed by atoms with E-state index in [1.165, 1.54) is 51.4 Å². The van der Waals surface area contributed by atoms with Gasteiger partial charge in [-0.3, -0.25) is 9.59 Å². The average Bonchev–Trinajstić information content (AvgIpc) is 3.41. The Balaban J connectivity index is 2.83. The van der Waals surface area contributed by atoms with Crippen molar-refractivity contribution in [2.75, 3.05) is 13.2 Å². The molecule has 0 aromatic rings. The van der Waals surface area contributed by atoms with Crippen LogP contribution in [0.4, 0.5) is 0 Å². The van der Waals surface area contributed by atoms with E-state index >= 15 is 0 Å². The number of nitrogens with one attached hydrogen (secondary N) is 1. The number of aliphatic hydroxyl groups is 5. The van der Waals surface area contributed by atoms with Crippen LogP contribution in [0.3, 0.4) is 0 Å². The van der Waals surface area contributed by atoms with Gasteiger partial charge >= 0.3 is 5.97 Å². The molecule has 8 unspecified atom stereocenters. The van der Waals surface area contributed by atoms with Gasteiger partial charge in [0.05, 0.1) is 25.4 Å². The zero-order valence-electron chi connectivity index (χ0n) is 46.6. The minimum Gasteiger partial charge on any atom is -0.454 e. The lowest BCUT2D eigenvalue weighted by molar-refractivity contribution is -0.305. The molecule has 1 aliphatic rings. The number of amides is 1. The van der Waals surface area contributed by atoms with E-state index < -0.39 is 67.4 Å². The van der Waals surface area contributed by atoms with E-state index in [0.717, 1.165) is 89.9 Å². The number of ether oxygens (including phenoxy) is 3. The van der Waals surface area contributed by atoms with E-state index in [1.54, 1.807) is 6.08 Å². The van der Waals surface area contributed by atoms with Crippen LogP contribution < -0.4 is 5.32 Å². The maximum Gasteiger partial charge on any atom is 0.306 e. The standard InChI is InChI=1S/C64H103NO10/c1-4-7-10-13-16-19-22-25-27-29-31-34-37-40-43-46-49-52-59(69)75-62-61(71)60(70)58(53-66)74-64(62)73-54-55(56(67)50-47-44-41-38-35-32-24-21-18-15-12-9-6-3)65-63(72)57(68)51-48-45-42-39-36-33-30-28-26-23-20-17-14-11-8-5-2/h7-8,10-11,16-17,19-20,25-28,31,33-34,36,40,42-43,45,47,50,55-58,60-62,64,66-68,70-71H,4-6,9,12-15,18,21-24,29-30,32,35,37-39,41,44,46,48-49,51-54H2,1-3H3,(H,65,72)/b10-7-,11-8-,19-16-,20-17-,27-25-,28-26-,34-31-,36-33-,43-40-,45-42-,50-47+. The molecule has 1 saturated heterocycles. The zero-order valence-corrected chi connectivity index (χ0v) is 46.6. The summed E-state index contributed by atoms with van der Waals surface area (Å²) in [5, 5.41) is 56.8. The number of unbranched alkanes of at least 4 members (excludes halogenated alkanes) is 12. The Labute approximate surface area is 454 Å². The molecule has 6 N–H and O–H groups in total. The number of allylic oxidation sites excluding steroid dienone is 21. The van der Waals surface area contributed by atoms with E-state index in [1.807, 2.05) is 30.4 Å². The number of rotatable bonds is 46. The van der Waals surface area contributed by atoms with Crippen LogP contribution in [0, 0.1) is 0 Å². The Bertz CT molecular complexity index is 1720. The van der Waals surface area contributed by atoms with Gasteiger partial charge in [-0.15, -0.1) is 0 Å². The molecule has 75 heavy (non-hydrogen) atoms. The molecule has 0 bridgehead atoms. The van der Waals surface area contributed by atoms with Crippen LogP contribution >= 0.6 is 0 Å². The first-order valence-electron chi connectivity index (χ1n) is 29.0. The van der Waals surface area contributed by atoms with Crippen molar-refractivity contribution < 1.29 is 49.3 Å². The average molecular weight is 1050 g/mol. The summed E-state index contributed by atoms with van der Waals surface area (Å²) in [6.07, 6.45) is 60.8. The summed E-state index contributed by atoms with van der Waals surface area (Å²) in [6, 6.07) is -1.07. The van der Waals surface area contributed by atoms with Gasteiger partial charge in [0.15, 0.2) is 12.4 Å². The lowest BCUT2D eigenvalue weighted by Crippen LogP contribution is -2.61. The highest BCUT2D eigenvalue weighted by atomic mass is 16.7. The molecule has 0 aromatic carbocycles. The van der Waals surface area contributed by atoms with Crippen molar-refractivity contribution in [3.05, 3.63) is 134 Å². The number of hydrogen-bond donors (Lipinski definition) is 6. The van der Waals surface area contributed by atoms with Crippen molar-refractivity contribution in [1.29, 1.82) is 0 Å². The van der Waals surface area contributed by atoms with Crippen LogP contribution in [0.5, 0.6) is 0 Å². The third-order valence-electron chi connectivity index (χ3n) is 12.6. The first kappa shape index (κ1) is 68.8. The summed E-state index contributed by atoms with van der Waals surface area (Å²) < 4.78 is 17.5. The summed E-state index contributed by atoms with van der Waals surface area (Å²) in [6.45, 7) is 5.46. The largest absolute Gasteiger partial charge is 0.454 e. The molecule has 1 aliphatic heterocycles. The summed E-state index contributed by atoms with van der Waals surface area (Å²) in [5.74, 6) is -1.33. The molecule has 0 radical (unpaired) electrons. The minimum atomic E-state index is -1.66. The van der Waals surface area contributed by atoms with Gasteiger partial charge in [0.2, 0.25) is 5.91 Å². The number of aliphatic hydroxyl groups excluding tert-OH is 5. The zero-order chi connectivity index (χ0) is 54.7. The predicted octanol–water partition coefficient (Wildman–Crippen LogP) is 13.3. The highest BCUT2D eigenvalue weighted by Gasteiger charge is 2.47. The first-order chi connectivity index (χ1) is 36.7. The van der Waals surface area contributed by atoms with Gasteiger partial charge in [-0.1, -0.05) is 219 Å². The van der Waals surface area contributed by atoms with Crippen LogP contribution in [0.2, 0.25) is 0 Å². The SMILES string of the molecule is CC/C=C\C/C=C\C/C=C\C/C=C\C/C=C\CCCC(=O)OC1C(OCC(NC(=O)C(O)CC/C=C\C/C=C\C/C=C\C/C=C\C/C=C\CC)C(O)/C=C/CCCCCCCCCCCCC)OC(CO)C(O)C1O. The number of hydrogen-bond acceptors (Lipinski definition) is 10. The highest BCUT2D eigenvalue weighted by Crippen LogP contribution is 2.26. The minimum absolute atomic E-state index is 0.0304. The van der Waals surface area contributed by atoms with E-state index in [2.05, 4.69) is 123 Å². The molecule has 1 rings (SSSR count). The van der Waals surface area contributed by atoms with Crippen LogP contribution in [-0.4, -0.2) is 99.6 Å². The predicted molar refractivity (Wildman–Crippen MR) is 310 cm³/mol. The smallest absolute Gasteiger partial charge is 0.306 e. The van der Waals surface area contributed by atoms with Crippen LogP contribution in [-0.2, 0) is 23.8 Å². The summed E-state index contributed by atoms with van der Waals surface area (Å²) >= 11 is 0. The monoisotopic (exact) mass is 1050 g/mol. The normalized spacial score (nSPS) is 20.2. The molecular formula is C64H103NO10. The molecule has 1 fully saturated rings. The van der Waals surface area contributed by atoms with Gasteiger partial charge in [-0.25, -0.2) is 0 Å². The summed E-state index contributed by atoms with van der Waals surface area (Å²) in [7, 11) is 0. The lowest BCUT2D eigenvalue weighted by atomic mass is 9.99. The van der Waals surface area contributed by atoms with Gasteiger partial charge in [0, 0.05) is 6.42 Å². The highest BCUT2D eigenvalue weighted by molar-refractivity contribution is 5.80. The molecule has 1 heterocycles. The lowest BCUT2D eigenvalue weighted by Gasteiger charge is -2.41. The summed E-state index contributed by atoms with van der Waals surface area (Å²) in [4.78, 5) is 26.4. The number of carbonyl (C=O) groups excluding carboxylic acids is 2. The van der Waals surface area contributed by atoms with Gasteiger partial charge in [0.1, 0.15) is 24.4 Å². The summed E-state index contributed by atoms with van der Waals surface area (Å²) in [5.41, 5.74) is 0. The van der Waals surface area contributed by atoms with Crippen LogP contribution in [0.25, 0.3) is 0 Å². The van der Waals surface area contributed by atoms with Gasteiger partial charge in [-0.05, 0) is 103 Å². The second-order valence-electron chi connectivity index (χ2n) is 19.3. The van der Waals surface area contributed by atoms with E-state index in [4.69, 9.17) is 14.2 Å². The van der Waals surface area contributed by atoms with E-state index in [-0.39, 0.29) is 19.4 Å². The van der Waals surface area contributed by atoms with Gasteiger partial charge in [0.25, 0.3) is 0 Å². The second-order valence-corrected chi connectivity index (χ2v) is 19.3. The maximum absolute atomic E-state index is 13.4. The van der Waals surface area contributed by atoms with Crippen LogP contribution in [0.1, 0.15) is 194 Å². The molecule has 11 nitrogen and oxygen atoms in total. The Hall–Kier alpha value is -4.20. The Morgan fingerprint density at radius 1 is 0.533 bits per heavy atom. The quantitative estimate of drug-likeness (QED) is 0.0196. The molecule has 424 valence electrons. The first-order valence-corrected chi connectivity index (χ1v) is 29.0.